The van der Waals surface area contributed by atoms with E-state index in [1.54, 1.807) is 44.2 Å². The predicted molar refractivity (Wildman–Crippen MR) is 164 cm³/mol. The molecule has 4 aromatic carbocycles. The summed E-state index contributed by atoms with van der Waals surface area (Å²) in [6.45, 7) is 7.39. The molecule has 5 rings (SSSR count). The van der Waals surface area contributed by atoms with Crippen molar-refractivity contribution in [2.24, 2.45) is 0 Å². The van der Waals surface area contributed by atoms with E-state index in [1.165, 1.54) is 42.5 Å². The first-order valence-electron chi connectivity index (χ1n) is 13.2. The highest BCUT2D eigenvalue weighted by Crippen LogP contribution is 2.39. The monoisotopic (exact) mass is 622 g/mol. The summed E-state index contributed by atoms with van der Waals surface area (Å²) in [7, 11) is -7.65. The summed E-state index contributed by atoms with van der Waals surface area (Å²) in [5.41, 5.74) is 2.06. The van der Waals surface area contributed by atoms with Crippen molar-refractivity contribution in [1.82, 2.24) is 0 Å². The average Bonchev–Trinajstić information content (AvgIpc) is 2.98. The summed E-state index contributed by atoms with van der Waals surface area (Å²) < 4.78 is 63.6. The highest BCUT2D eigenvalue weighted by molar-refractivity contribution is 7.87. The largest absolute Gasteiger partial charge is 0.354 e. The molecule has 0 saturated heterocycles. The second-order valence-electron chi connectivity index (χ2n) is 9.46. The van der Waals surface area contributed by atoms with E-state index in [-0.39, 0.29) is 54.8 Å². The molecular formula is C31H30N2O8S2. The van der Waals surface area contributed by atoms with Crippen molar-refractivity contribution in [3.8, 4) is 0 Å². The highest BCUT2D eigenvalue weighted by Gasteiger charge is 2.34. The van der Waals surface area contributed by atoms with Crippen LogP contribution in [0.5, 0.6) is 0 Å². The van der Waals surface area contributed by atoms with Gasteiger partial charge in [-0.1, -0.05) is 50.2 Å². The number of hydrogen-bond acceptors (Lipinski definition) is 9. The first-order chi connectivity index (χ1) is 20.3. The molecule has 0 heterocycles. The Bertz CT molecular complexity index is 1990. The third-order valence-corrected chi connectivity index (χ3v) is 8.86. The lowest BCUT2D eigenvalue weighted by molar-refractivity contribution is 0.0980. The number of carbonyl (C=O) groups is 2. The van der Waals surface area contributed by atoms with E-state index >= 15 is 0 Å². The fourth-order valence-corrected chi connectivity index (χ4v) is 6.35. The van der Waals surface area contributed by atoms with Gasteiger partial charge in [-0.15, -0.1) is 0 Å². The maximum absolute atomic E-state index is 13.8. The summed E-state index contributed by atoms with van der Waals surface area (Å²) in [5.74, 6) is -1.00. The van der Waals surface area contributed by atoms with E-state index in [9.17, 15) is 31.0 Å². The molecule has 1 aliphatic carbocycles. The van der Waals surface area contributed by atoms with Crippen molar-refractivity contribution in [1.29, 1.82) is 0 Å². The summed E-state index contributed by atoms with van der Waals surface area (Å²) >= 11 is 0. The lowest BCUT2D eigenvalue weighted by Crippen LogP contribution is -2.23. The smallest absolute Gasteiger partial charge is 0.298 e. The van der Waals surface area contributed by atoms with Gasteiger partial charge in [0.25, 0.3) is 20.2 Å². The Balaban J connectivity index is 0.00000207. The third-order valence-electron chi connectivity index (χ3n) is 6.65. The Morgan fingerprint density at radius 2 is 1.05 bits per heavy atom. The van der Waals surface area contributed by atoms with Gasteiger partial charge in [-0.25, -0.2) is 0 Å². The molecule has 0 unspecified atom stereocenters. The Labute approximate surface area is 250 Å². The first-order valence-corrected chi connectivity index (χ1v) is 16.1. The fourth-order valence-electron chi connectivity index (χ4n) is 4.72. The maximum Gasteiger partial charge on any atom is 0.298 e. The van der Waals surface area contributed by atoms with Crippen molar-refractivity contribution in [3.63, 3.8) is 0 Å². The van der Waals surface area contributed by atoms with Crippen LogP contribution in [0.1, 0.15) is 56.8 Å². The molecule has 0 saturated carbocycles. The van der Waals surface area contributed by atoms with Gasteiger partial charge >= 0.3 is 0 Å². The molecule has 0 fully saturated rings. The number of anilines is 4. The van der Waals surface area contributed by atoms with E-state index < -0.39 is 31.8 Å². The van der Waals surface area contributed by atoms with Crippen LogP contribution in [0, 0.1) is 13.8 Å². The van der Waals surface area contributed by atoms with Gasteiger partial charge in [0.2, 0.25) is 0 Å². The fraction of sp³-hybridized carbons (Fsp3) is 0.161. The van der Waals surface area contributed by atoms with Crippen molar-refractivity contribution in [3.05, 3.63) is 106 Å². The zero-order valence-corrected chi connectivity index (χ0v) is 25.7. The van der Waals surface area contributed by atoms with Gasteiger partial charge in [-0.3, -0.25) is 18.3 Å². The number of hydrogen-bond donors (Lipinski definition) is 3. The van der Waals surface area contributed by atoms with Crippen molar-refractivity contribution >= 4 is 54.6 Å². The molecule has 1 aliphatic rings. The van der Waals surface area contributed by atoms with E-state index in [4.69, 9.17) is 4.18 Å². The van der Waals surface area contributed by atoms with Crippen LogP contribution in [0.3, 0.4) is 0 Å². The van der Waals surface area contributed by atoms with Crippen LogP contribution in [-0.2, 0) is 24.4 Å². The van der Waals surface area contributed by atoms with Gasteiger partial charge in [0.05, 0.1) is 41.0 Å². The molecule has 0 atom stereocenters. The number of benzene rings is 4. The van der Waals surface area contributed by atoms with Crippen LogP contribution < -0.4 is 10.6 Å². The van der Waals surface area contributed by atoms with Crippen LogP contribution in [-0.4, -0.2) is 40.1 Å². The molecule has 0 aromatic heterocycles. The van der Waals surface area contributed by atoms with Gasteiger partial charge in [0, 0.05) is 11.1 Å². The minimum Gasteiger partial charge on any atom is -0.354 e. The molecular weight excluding hydrogens is 592 g/mol. The second kappa shape index (κ2) is 12.1. The number of aryl methyl sites for hydroxylation is 2. The molecule has 0 bridgehead atoms. The van der Waals surface area contributed by atoms with Crippen LogP contribution in [0.4, 0.5) is 22.7 Å². The lowest BCUT2D eigenvalue weighted by Gasteiger charge is -2.24. The van der Waals surface area contributed by atoms with Gasteiger partial charge in [0.1, 0.15) is 9.79 Å². The standard InChI is InChI=1S/C29H24N2O8S2.C2H6/c1-16-10-12-20(24(14-16)40(34,35)36)30-22-8-4-6-18-26(22)28(32)19-7-5-9-23(27(19)29(18)33)31-21-13-11-17(2)15-25(21)41(37,38)39-3;1-2/h4-15,30-31H,1-3H3,(H,34,35,36);1-2H3. The predicted octanol–water partition coefficient (Wildman–Crippen LogP) is 6.17. The molecule has 0 radical (unpaired) electrons. The summed E-state index contributed by atoms with van der Waals surface area (Å²) in [6, 6.07) is 18.2. The Kier molecular flexibility index (Phi) is 8.88. The molecule has 12 heteroatoms. The molecule has 3 N–H and O–H groups in total. The van der Waals surface area contributed by atoms with Crippen LogP contribution in [0.25, 0.3) is 0 Å². The summed E-state index contributed by atoms with van der Waals surface area (Å²) in [6.07, 6.45) is 0. The molecule has 0 aliphatic heterocycles. The SMILES string of the molecule is CC.COS(=O)(=O)c1cc(C)ccc1Nc1cccc2c1C(=O)c1cccc(Nc3ccc(C)cc3S(=O)(=O)O)c1C2=O. The molecule has 4 aromatic rings. The van der Waals surface area contributed by atoms with Crippen molar-refractivity contribution in [2.75, 3.05) is 17.7 Å². The van der Waals surface area contributed by atoms with Gasteiger partial charge in [-0.05, 0) is 61.4 Å². The number of ketones is 2. The highest BCUT2D eigenvalue weighted by atomic mass is 32.2. The molecule has 10 nitrogen and oxygen atoms in total. The Morgan fingerprint density at radius 1 is 0.628 bits per heavy atom. The second-order valence-corrected chi connectivity index (χ2v) is 12.5. The molecule has 0 amide bonds. The zero-order valence-electron chi connectivity index (χ0n) is 24.0. The maximum atomic E-state index is 13.8. The number of fused-ring (bicyclic) bond motifs is 2. The summed E-state index contributed by atoms with van der Waals surface area (Å²) in [5, 5.41) is 5.89. The number of nitrogens with one attached hydrogen (secondary N) is 2. The van der Waals surface area contributed by atoms with Crippen molar-refractivity contribution < 1.29 is 35.2 Å². The third kappa shape index (κ3) is 6.09. The molecule has 0 spiro atoms. The number of carbonyl (C=O) groups excluding carboxylic acids is 2. The van der Waals surface area contributed by atoms with E-state index in [0.29, 0.717) is 11.1 Å². The molecule has 43 heavy (non-hydrogen) atoms. The first kappa shape index (κ1) is 31.6. The van der Waals surface area contributed by atoms with Crippen LogP contribution >= 0.6 is 0 Å². The van der Waals surface area contributed by atoms with Gasteiger partial charge in [0.15, 0.2) is 11.6 Å². The van der Waals surface area contributed by atoms with Crippen LogP contribution in [0.15, 0.2) is 82.6 Å². The van der Waals surface area contributed by atoms with E-state index in [0.717, 1.165) is 7.11 Å². The molecule has 224 valence electrons. The van der Waals surface area contributed by atoms with Gasteiger partial charge in [-0.2, -0.15) is 16.8 Å². The van der Waals surface area contributed by atoms with Gasteiger partial charge < -0.3 is 10.6 Å². The topological polar surface area (TPSA) is 156 Å². The minimum atomic E-state index is -4.60. The Hall–Kier alpha value is -4.36. The average molecular weight is 623 g/mol. The van der Waals surface area contributed by atoms with E-state index in [1.807, 2.05) is 13.8 Å². The summed E-state index contributed by atoms with van der Waals surface area (Å²) in [4.78, 5) is 27.1. The van der Waals surface area contributed by atoms with Crippen molar-refractivity contribution in [2.45, 2.75) is 37.5 Å². The Morgan fingerprint density at radius 3 is 1.47 bits per heavy atom. The quantitative estimate of drug-likeness (QED) is 0.142. The normalized spacial score (nSPS) is 12.5. The minimum absolute atomic E-state index is 0.0271. The zero-order chi connectivity index (χ0) is 31.7. The van der Waals surface area contributed by atoms with E-state index in [2.05, 4.69) is 10.6 Å². The lowest BCUT2D eigenvalue weighted by atomic mass is 9.82. The van der Waals surface area contributed by atoms with Crippen LogP contribution in [0.2, 0.25) is 0 Å². The number of rotatable bonds is 7.